The van der Waals surface area contributed by atoms with Crippen LogP contribution in [0.3, 0.4) is 0 Å². The smallest absolute Gasteiger partial charge is 0.137 e. The lowest BCUT2D eigenvalue weighted by Gasteiger charge is -2.29. The Labute approximate surface area is 129 Å². The van der Waals surface area contributed by atoms with E-state index in [0.717, 1.165) is 11.3 Å². The minimum absolute atomic E-state index is 0.265. The monoisotopic (exact) mass is 299 g/mol. The van der Waals surface area contributed by atoms with Gasteiger partial charge in [-0.3, -0.25) is 0 Å². The molecule has 3 nitrogen and oxygen atoms in total. The van der Waals surface area contributed by atoms with Gasteiger partial charge in [-0.15, -0.1) is 11.6 Å². The molecule has 4 heteroatoms. The number of aromatic nitrogens is 2. The van der Waals surface area contributed by atoms with Gasteiger partial charge in [0.2, 0.25) is 0 Å². The van der Waals surface area contributed by atoms with Crippen molar-refractivity contribution in [1.29, 1.82) is 0 Å². The molecule has 2 aromatic heterocycles. The van der Waals surface area contributed by atoms with Crippen molar-refractivity contribution in [2.45, 2.75) is 19.0 Å². The van der Waals surface area contributed by atoms with Crippen LogP contribution in [0.1, 0.15) is 18.2 Å². The Hall–Kier alpha value is -1.84. The summed E-state index contributed by atoms with van der Waals surface area (Å²) in [6.07, 6.45) is 4.05. The highest BCUT2D eigenvalue weighted by atomic mass is 35.5. The summed E-state index contributed by atoms with van der Waals surface area (Å²) in [5.41, 5.74) is 2.89. The third-order valence-electron chi connectivity index (χ3n) is 3.75. The molecule has 0 fully saturated rings. The zero-order chi connectivity index (χ0) is 14.7. The highest BCUT2D eigenvalue weighted by Crippen LogP contribution is 2.22. The molecule has 108 valence electrons. The van der Waals surface area contributed by atoms with E-state index < -0.39 is 0 Å². The van der Waals surface area contributed by atoms with Crippen molar-refractivity contribution in [1.82, 2.24) is 14.7 Å². The molecule has 0 aliphatic rings. The van der Waals surface area contributed by atoms with Crippen LogP contribution in [0.15, 0.2) is 60.9 Å². The summed E-state index contributed by atoms with van der Waals surface area (Å²) in [5.74, 6) is 0.504. The number of alkyl halides is 1. The van der Waals surface area contributed by atoms with Gasteiger partial charge in [-0.1, -0.05) is 36.4 Å². The van der Waals surface area contributed by atoms with E-state index >= 15 is 0 Å². The van der Waals surface area contributed by atoms with E-state index in [1.165, 1.54) is 5.56 Å². The molecule has 0 saturated heterocycles. The molecule has 21 heavy (non-hydrogen) atoms. The second-order valence-electron chi connectivity index (χ2n) is 5.38. The van der Waals surface area contributed by atoms with Gasteiger partial charge in [-0.05, 0) is 24.6 Å². The van der Waals surface area contributed by atoms with Gasteiger partial charge < -0.3 is 9.72 Å². The first-order valence-electron chi connectivity index (χ1n) is 7.00. The van der Waals surface area contributed by atoms with Crippen molar-refractivity contribution in [2.24, 2.45) is 0 Å². The van der Waals surface area contributed by atoms with Gasteiger partial charge in [0.1, 0.15) is 5.65 Å². The maximum Gasteiger partial charge on any atom is 0.137 e. The van der Waals surface area contributed by atoms with Gasteiger partial charge in [-0.25, -0.2) is 4.98 Å². The van der Waals surface area contributed by atoms with Crippen LogP contribution >= 0.6 is 11.6 Å². The van der Waals surface area contributed by atoms with E-state index in [-0.39, 0.29) is 5.54 Å². The molecule has 3 rings (SSSR count). The average molecular weight is 300 g/mol. The lowest BCUT2D eigenvalue weighted by Crippen LogP contribution is -2.40. The average Bonchev–Trinajstić information content (AvgIpc) is 2.96. The Balaban J connectivity index is 1.78. The second kappa shape index (κ2) is 5.88. The normalized spacial score (nSPS) is 14.2. The predicted octanol–water partition coefficient (Wildman–Crippen LogP) is 3.58. The second-order valence-corrected chi connectivity index (χ2v) is 5.65. The molecule has 1 atom stereocenters. The van der Waals surface area contributed by atoms with Crippen molar-refractivity contribution in [3.63, 3.8) is 0 Å². The van der Waals surface area contributed by atoms with Crippen molar-refractivity contribution < 1.29 is 0 Å². The Morgan fingerprint density at radius 1 is 1.14 bits per heavy atom. The van der Waals surface area contributed by atoms with E-state index in [1.807, 2.05) is 53.2 Å². The molecule has 3 aromatic rings. The maximum atomic E-state index is 6.20. The highest BCUT2D eigenvalue weighted by Gasteiger charge is 2.24. The van der Waals surface area contributed by atoms with Crippen LogP contribution in [0, 0.1) is 0 Å². The predicted molar refractivity (Wildman–Crippen MR) is 86.5 cm³/mol. The molecule has 0 bridgehead atoms. The fraction of sp³-hybridized carbons (Fsp3) is 0.235. The minimum atomic E-state index is -0.265. The van der Waals surface area contributed by atoms with E-state index in [0.29, 0.717) is 12.4 Å². The largest absolute Gasteiger partial charge is 0.307 e. The van der Waals surface area contributed by atoms with Gasteiger partial charge in [0.15, 0.2) is 0 Å². The Morgan fingerprint density at radius 3 is 2.62 bits per heavy atom. The summed E-state index contributed by atoms with van der Waals surface area (Å²) in [6.45, 7) is 2.80. The van der Waals surface area contributed by atoms with Gasteiger partial charge in [-0.2, -0.15) is 0 Å². The van der Waals surface area contributed by atoms with Gasteiger partial charge >= 0.3 is 0 Å². The lowest BCUT2D eigenvalue weighted by atomic mass is 9.94. The van der Waals surface area contributed by atoms with Crippen LogP contribution in [-0.2, 0) is 12.1 Å². The van der Waals surface area contributed by atoms with Gasteiger partial charge in [0.25, 0.3) is 0 Å². The summed E-state index contributed by atoms with van der Waals surface area (Å²) in [5, 5.41) is 3.53. The minimum Gasteiger partial charge on any atom is -0.307 e. The van der Waals surface area contributed by atoms with E-state index in [2.05, 4.69) is 29.4 Å². The van der Waals surface area contributed by atoms with Crippen LogP contribution in [0.4, 0.5) is 0 Å². The fourth-order valence-electron chi connectivity index (χ4n) is 2.39. The van der Waals surface area contributed by atoms with Crippen LogP contribution in [-0.4, -0.2) is 15.3 Å². The standard InChI is InChI=1S/C17H18ClN3/c1-17(13-18,14-7-3-2-4-8-14)19-11-15-12-21-10-6-5-9-16(21)20-15/h2-10,12,19H,11,13H2,1H3. The summed E-state index contributed by atoms with van der Waals surface area (Å²) >= 11 is 6.20. The first kappa shape index (κ1) is 14.1. The molecular formula is C17H18ClN3. The van der Waals surface area contributed by atoms with Crippen molar-refractivity contribution in [3.8, 4) is 0 Å². The molecule has 0 aliphatic heterocycles. The van der Waals surface area contributed by atoms with Crippen LogP contribution in [0.25, 0.3) is 5.65 Å². The Bertz CT molecular complexity index is 690. The van der Waals surface area contributed by atoms with Crippen molar-refractivity contribution in [2.75, 3.05) is 5.88 Å². The summed E-state index contributed by atoms with van der Waals surface area (Å²) in [7, 11) is 0. The Kier molecular flexibility index (Phi) is 3.95. The Morgan fingerprint density at radius 2 is 1.90 bits per heavy atom. The number of nitrogens with zero attached hydrogens (tertiary/aromatic N) is 2. The van der Waals surface area contributed by atoms with Crippen molar-refractivity contribution >= 4 is 17.2 Å². The van der Waals surface area contributed by atoms with E-state index in [1.54, 1.807) is 0 Å². The number of benzene rings is 1. The number of hydrogen-bond acceptors (Lipinski definition) is 2. The third-order valence-corrected chi connectivity index (χ3v) is 4.29. The van der Waals surface area contributed by atoms with Crippen LogP contribution in [0.2, 0.25) is 0 Å². The summed E-state index contributed by atoms with van der Waals surface area (Å²) in [4.78, 5) is 4.60. The van der Waals surface area contributed by atoms with Crippen LogP contribution in [0.5, 0.6) is 0 Å². The topological polar surface area (TPSA) is 29.3 Å². The zero-order valence-electron chi connectivity index (χ0n) is 12.0. The number of fused-ring (bicyclic) bond motifs is 1. The first-order valence-corrected chi connectivity index (χ1v) is 7.54. The number of nitrogens with one attached hydrogen (secondary N) is 1. The number of halogens is 1. The highest BCUT2D eigenvalue weighted by molar-refractivity contribution is 6.18. The summed E-state index contributed by atoms with van der Waals surface area (Å²) in [6, 6.07) is 16.3. The molecule has 1 unspecified atom stereocenters. The molecule has 0 saturated carbocycles. The summed E-state index contributed by atoms with van der Waals surface area (Å²) < 4.78 is 2.03. The van der Waals surface area contributed by atoms with Crippen molar-refractivity contribution in [3.05, 3.63) is 72.2 Å². The zero-order valence-corrected chi connectivity index (χ0v) is 12.7. The number of imidazole rings is 1. The molecular weight excluding hydrogens is 282 g/mol. The van der Waals surface area contributed by atoms with E-state index in [9.17, 15) is 0 Å². The SMILES string of the molecule is CC(CCl)(NCc1cn2ccccc2n1)c1ccccc1. The maximum absolute atomic E-state index is 6.20. The number of pyridine rings is 1. The molecule has 0 aliphatic carbocycles. The lowest BCUT2D eigenvalue weighted by molar-refractivity contribution is 0.404. The van der Waals surface area contributed by atoms with Gasteiger partial charge in [0, 0.05) is 24.8 Å². The molecule has 1 aromatic carbocycles. The third kappa shape index (κ3) is 2.94. The quantitative estimate of drug-likeness (QED) is 0.730. The molecule has 0 spiro atoms. The molecule has 2 heterocycles. The molecule has 0 amide bonds. The fourth-order valence-corrected chi connectivity index (χ4v) is 2.64. The molecule has 0 radical (unpaired) electrons. The molecule has 1 N–H and O–H groups in total. The van der Waals surface area contributed by atoms with Gasteiger partial charge in [0.05, 0.1) is 11.2 Å². The van der Waals surface area contributed by atoms with Crippen LogP contribution < -0.4 is 5.32 Å². The van der Waals surface area contributed by atoms with E-state index in [4.69, 9.17) is 11.6 Å². The number of rotatable bonds is 5. The first-order chi connectivity index (χ1) is 10.2. The number of hydrogen-bond donors (Lipinski definition) is 1.